The van der Waals surface area contributed by atoms with Crippen LogP contribution in [-0.2, 0) is 14.3 Å². The summed E-state index contributed by atoms with van der Waals surface area (Å²) in [6.45, 7) is 5.21. The van der Waals surface area contributed by atoms with Crippen LogP contribution in [-0.4, -0.2) is 42.7 Å². The fourth-order valence-electron chi connectivity index (χ4n) is 0.698. The summed E-state index contributed by atoms with van der Waals surface area (Å²) in [6, 6.07) is 0. The van der Waals surface area contributed by atoms with Crippen molar-refractivity contribution >= 4 is 17.5 Å². The van der Waals surface area contributed by atoms with Crippen molar-refractivity contribution in [3.05, 3.63) is 0 Å². The van der Waals surface area contributed by atoms with Gasteiger partial charge in [0.05, 0.1) is 12.3 Å². The van der Waals surface area contributed by atoms with Crippen LogP contribution in [0.2, 0.25) is 0 Å². The fraction of sp³-hybridized carbons (Fsp3) is 0.667. The molecule has 0 aliphatic carbocycles. The summed E-state index contributed by atoms with van der Waals surface area (Å²) in [6.07, 6.45) is 0. The maximum Gasteiger partial charge on any atom is 0.302 e. The Morgan fingerprint density at radius 1 is 1.29 bits per heavy atom. The zero-order valence-corrected chi connectivity index (χ0v) is 9.03. The lowest BCUT2D eigenvalue weighted by Gasteiger charge is -2.13. The smallest absolute Gasteiger partial charge is 0.302 e. The summed E-state index contributed by atoms with van der Waals surface area (Å²) >= 11 is 0. The zero-order valence-electron chi connectivity index (χ0n) is 9.03. The van der Waals surface area contributed by atoms with E-state index in [-0.39, 0.29) is 18.4 Å². The largest absolute Gasteiger partial charge is 0.464 e. The quantitative estimate of drug-likeness (QED) is 0.367. The summed E-state index contributed by atoms with van der Waals surface area (Å²) in [5.74, 6) is -0.380. The highest BCUT2D eigenvalue weighted by atomic mass is 16.5. The Kier molecular flexibility index (Phi) is 5.52. The van der Waals surface area contributed by atoms with Crippen LogP contribution in [0.1, 0.15) is 20.8 Å². The zero-order chi connectivity index (χ0) is 11.1. The van der Waals surface area contributed by atoms with Crippen LogP contribution < -0.4 is 0 Å². The average Bonchev–Trinajstić information content (AvgIpc) is 2.02. The minimum Gasteiger partial charge on any atom is -0.464 e. The van der Waals surface area contributed by atoms with Crippen LogP contribution in [0.4, 0.5) is 0 Å². The van der Waals surface area contributed by atoms with Gasteiger partial charge in [0.25, 0.3) is 0 Å². The number of rotatable bonds is 5. The van der Waals surface area contributed by atoms with Gasteiger partial charge in [-0.2, -0.15) is 5.10 Å². The van der Waals surface area contributed by atoms with Crippen molar-refractivity contribution in [1.82, 2.24) is 5.01 Å². The Labute approximate surface area is 83.7 Å². The lowest BCUT2D eigenvalue weighted by atomic mass is 10.3. The molecule has 0 saturated carbocycles. The number of hydrazone groups is 1. The average molecular weight is 200 g/mol. The standard InChI is InChI=1S/C9H16N2O3/c1-7(8(2)12)10-11(4)5-6-14-9(3)13/h5-6H2,1-4H3. The number of ether oxygens (including phenoxy) is 1. The first-order valence-electron chi connectivity index (χ1n) is 4.34. The van der Waals surface area contributed by atoms with Crippen molar-refractivity contribution in [2.75, 3.05) is 20.2 Å². The van der Waals surface area contributed by atoms with Gasteiger partial charge in [-0.15, -0.1) is 0 Å². The molecule has 0 unspecified atom stereocenters. The van der Waals surface area contributed by atoms with Gasteiger partial charge in [0.15, 0.2) is 5.78 Å². The van der Waals surface area contributed by atoms with Crippen molar-refractivity contribution in [2.24, 2.45) is 5.10 Å². The number of carbonyl (C=O) groups excluding carboxylic acids is 2. The molecule has 0 aromatic rings. The van der Waals surface area contributed by atoms with E-state index in [2.05, 4.69) is 5.10 Å². The van der Waals surface area contributed by atoms with E-state index >= 15 is 0 Å². The van der Waals surface area contributed by atoms with Crippen molar-refractivity contribution in [1.29, 1.82) is 0 Å². The topological polar surface area (TPSA) is 59.0 Å². The number of likely N-dealkylation sites (N-methyl/N-ethyl adjacent to an activating group) is 1. The van der Waals surface area contributed by atoms with E-state index in [1.807, 2.05) is 0 Å². The molecule has 0 radical (unpaired) electrons. The lowest BCUT2D eigenvalue weighted by Crippen LogP contribution is -2.21. The summed E-state index contributed by atoms with van der Waals surface area (Å²) in [5, 5.41) is 5.55. The number of esters is 1. The molecule has 5 heteroatoms. The van der Waals surface area contributed by atoms with Crippen LogP contribution in [0.3, 0.4) is 0 Å². The lowest BCUT2D eigenvalue weighted by molar-refractivity contribution is -0.141. The maximum absolute atomic E-state index is 10.8. The molecule has 0 atom stereocenters. The van der Waals surface area contributed by atoms with E-state index in [1.165, 1.54) is 13.8 Å². The molecule has 14 heavy (non-hydrogen) atoms. The van der Waals surface area contributed by atoms with Crippen LogP contribution >= 0.6 is 0 Å². The Morgan fingerprint density at radius 3 is 2.29 bits per heavy atom. The minimum absolute atomic E-state index is 0.0654. The number of hydrogen-bond acceptors (Lipinski definition) is 5. The predicted molar refractivity (Wildman–Crippen MR) is 53.1 cm³/mol. The van der Waals surface area contributed by atoms with Crippen molar-refractivity contribution in [3.63, 3.8) is 0 Å². The molecule has 80 valence electrons. The van der Waals surface area contributed by atoms with E-state index in [0.29, 0.717) is 12.3 Å². The van der Waals surface area contributed by atoms with Crippen molar-refractivity contribution in [2.45, 2.75) is 20.8 Å². The summed E-state index contributed by atoms with van der Waals surface area (Å²) < 4.78 is 4.72. The van der Waals surface area contributed by atoms with Gasteiger partial charge in [0, 0.05) is 20.9 Å². The molecular formula is C9H16N2O3. The van der Waals surface area contributed by atoms with Gasteiger partial charge in [0.2, 0.25) is 0 Å². The first kappa shape index (κ1) is 12.6. The highest BCUT2D eigenvalue weighted by molar-refractivity contribution is 6.37. The maximum atomic E-state index is 10.8. The monoisotopic (exact) mass is 200 g/mol. The Bertz CT molecular complexity index is 248. The molecule has 0 amide bonds. The second kappa shape index (κ2) is 6.12. The molecule has 0 saturated heterocycles. The van der Waals surface area contributed by atoms with Crippen LogP contribution in [0.25, 0.3) is 0 Å². The number of carbonyl (C=O) groups is 2. The first-order valence-corrected chi connectivity index (χ1v) is 4.34. The summed E-state index contributed by atoms with van der Waals surface area (Å²) in [7, 11) is 1.72. The fourth-order valence-corrected chi connectivity index (χ4v) is 0.698. The third-order valence-corrected chi connectivity index (χ3v) is 1.55. The van der Waals surface area contributed by atoms with Gasteiger partial charge in [-0.05, 0) is 6.92 Å². The second-order valence-electron chi connectivity index (χ2n) is 2.96. The normalized spacial score (nSPS) is 11.0. The molecule has 0 aromatic heterocycles. The predicted octanol–water partition coefficient (Wildman–Crippen LogP) is 0.446. The third-order valence-electron chi connectivity index (χ3n) is 1.55. The van der Waals surface area contributed by atoms with E-state index < -0.39 is 0 Å². The molecular weight excluding hydrogens is 184 g/mol. The van der Waals surface area contributed by atoms with Gasteiger partial charge in [0.1, 0.15) is 6.61 Å². The molecule has 0 aromatic carbocycles. The molecule has 0 fully saturated rings. The van der Waals surface area contributed by atoms with E-state index in [9.17, 15) is 9.59 Å². The molecule has 0 bridgehead atoms. The van der Waals surface area contributed by atoms with E-state index in [1.54, 1.807) is 19.0 Å². The second-order valence-corrected chi connectivity index (χ2v) is 2.96. The molecule has 0 spiro atoms. The third kappa shape index (κ3) is 6.16. The molecule has 5 nitrogen and oxygen atoms in total. The highest BCUT2D eigenvalue weighted by Gasteiger charge is 2.01. The number of Topliss-reactive ketones (excluding diaryl/α,β-unsaturated/α-hetero) is 1. The van der Waals surface area contributed by atoms with Gasteiger partial charge in [-0.3, -0.25) is 14.6 Å². The Balaban J connectivity index is 3.86. The number of ketones is 1. The molecule has 0 N–H and O–H groups in total. The van der Waals surface area contributed by atoms with Crippen molar-refractivity contribution in [3.8, 4) is 0 Å². The van der Waals surface area contributed by atoms with E-state index in [4.69, 9.17) is 4.74 Å². The number of nitrogens with zero attached hydrogens (tertiary/aromatic N) is 2. The number of hydrogen-bond donors (Lipinski definition) is 0. The molecule has 0 rings (SSSR count). The van der Waals surface area contributed by atoms with Crippen LogP contribution in [0, 0.1) is 0 Å². The Morgan fingerprint density at radius 2 is 1.86 bits per heavy atom. The Hall–Kier alpha value is -1.39. The van der Waals surface area contributed by atoms with Crippen LogP contribution in [0.15, 0.2) is 5.10 Å². The van der Waals surface area contributed by atoms with Crippen LogP contribution in [0.5, 0.6) is 0 Å². The van der Waals surface area contributed by atoms with Gasteiger partial charge < -0.3 is 4.74 Å². The van der Waals surface area contributed by atoms with Gasteiger partial charge in [-0.1, -0.05) is 0 Å². The molecule has 0 aliphatic rings. The highest BCUT2D eigenvalue weighted by Crippen LogP contribution is 1.88. The molecule has 0 heterocycles. The molecule has 0 aliphatic heterocycles. The summed E-state index contributed by atoms with van der Waals surface area (Å²) in [5.41, 5.74) is 0.440. The summed E-state index contributed by atoms with van der Waals surface area (Å²) in [4.78, 5) is 21.2. The first-order chi connectivity index (χ1) is 6.43. The van der Waals surface area contributed by atoms with E-state index in [0.717, 1.165) is 0 Å². The van der Waals surface area contributed by atoms with Gasteiger partial charge in [-0.25, -0.2) is 0 Å². The van der Waals surface area contributed by atoms with Crippen molar-refractivity contribution < 1.29 is 14.3 Å². The minimum atomic E-state index is -0.314. The van der Waals surface area contributed by atoms with Gasteiger partial charge >= 0.3 is 5.97 Å². The SMILES string of the molecule is CC(=O)OCCN(C)N=C(C)C(C)=O.